The van der Waals surface area contributed by atoms with E-state index in [-0.39, 0.29) is 24.2 Å². The molecule has 1 heterocycles. The Balaban J connectivity index is 1.85. The number of hydrogen-bond acceptors (Lipinski definition) is 4. The van der Waals surface area contributed by atoms with E-state index in [4.69, 9.17) is 4.74 Å². The molecule has 0 radical (unpaired) electrons. The molecule has 0 fully saturated rings. The van der Waals surface area contributed by atoms with Crippen LogP contribution in [0, 0.1) is 0 Å². The molecule has 0 unspecified atom stereocenters. The second-order valence-corrected chi connectivity index (χ2v) is 4.98. The predicted octanol–water partition coefficient (Wildman–Crippen LogP) is 2.46. The topological polar surface area (TPSA) is 63.7 Å². The number of rotatable bonds is 4. The van der Waals surface area contributed by atoms with E-state index < -0.39 is 0 Å². The minimum absolute atomic E-state index is 0.00758. The Kier molecular flexibility index (Phi) is 3.47. The Morgan fingerprint density at radius 2 is 1.50 bits per heavy atom. The fraction of sp³-hybridized carbons (Fsp3) is 0.118. The summed E-state index contributed by atoms with van der Waals surface area (Å²) in [5.74, 6) is -0.240. The van der Waals surface area contributed by atoms with Crippen molar-refractivity contribution in [1.82, 2.24) is 0 Å². The maximum atomic E-state index is 12.3. The molecule has 3 rings (SSSR count). The lowest BCUT2D eigenvalue weighted by atomic mass is 10.1. The monoisotopic (exact) mass is 295 g/mol. The van der Waals surface area contributed by atoms with E-state index in [0.717, 1.165) is 4.90 Å². The van der Waals surface area contributed by atoms with E-state index in [1.807, 2.05) is 0 Å². The van der Waals surface area contributed by atoms with Crippen LogP contribution in [0.25, 0.3) is 0 Å². The molecule has 0 saturated carbocycles. The molecule has 2 amide bonds. The summed E-state index contributed by atoms with van der Waals surface area (Å²) in [6.07, 6.45) is 0. The maximum Gasteiger partial charge on any atom is 0.266 e. The highest BCUT2D eigenvalue weighted by Crippen LogP contribution is 2.29. The van der Waals surface area contributed by atoms with Crippen molar-refractivity contribution in [2.75, 3.05) is 11.5 Å². The van der Waals surface area contributed by atoms with Crippen LogP contribution in [0.2, 0.25) is 0 Å². The molecule has 1 aliphatic rings. The molecule has 0 aromatic heterocycles. The molecule has 5 nitrogen and oxygen atoms in total. The summed E-state index contributed by atoms with van der Waals surface area (Å²) in [5.41, 5.74) is 1.29. The van der Waals surface area contributed by atoms with Gasteiger partial charge in [-0.15, -0.1) is 0 Å². The molecular weight excluding hydrogens is 282 g/mol. The Morgan fingerprint density at radius 1 is 0.955 bits per heavy atom. The summed E-state index contributed by atoms with van der Waals surface area (Å²) >= 11 is 0. The lowest BCUT2D eigenvalue weighted by Gasteiger charge is -2.14. The fourth-order valence-corrected chi connectivity index (χ4v) is 2.30. The van der Waals surface area contributed by atoms with E-state index in [2.05, 4.69) is 0 Å². The van der Waals surface area contributed by atoms with Crippen molar-refractivity contribution in [1.29, 1.82) is 0 Å². The molecule has 0 aliphatic carbocycles. The number of ether oxygens (including phenoxy) is 1. The number of carbonyl (C=O) groups is 3. The van der Waals surface area contributed by atoms with Gasteiger partial charge in [0.2, 0.25) is 0 Å². The van der Waals surface area contributed by atoms with E-state index in [1.165, 1.54) is 6.92 Å². The van der Waals surface area contributed by atoms with Crippen LogP contribution in [0.15, 0.2) is 48.5 Å². The Labute approximate surface area is 127 Å². The van der Waals surface area contributed by atoms with Gasteiger partial charge in [-0.05, 0) is 43.3 Å². The van der Waals surface area contributed by atoms with Gasteiger partial charge in [-0.3, -0.25) is 14.4 Å². The van der Waals surface area contributed by atoms with Crippen LogP contribution in [0.3, 0.4) is 0 Å². The average molecular weight is 295 g/mol. The second-order valence-electron chi connectivity index (χ2n) is 4.98. The third-order valence-corrected chi connectivity index (χ3v) is 3.33. The Morgan fingerprint density at radius 3 is 2.00 bits per heavy atom. The lowest BCUT2D eigenvalue weighted by molar-refractivity contribution is -0.118. The van der Waals surface area contributed by atoms with Crippen LogP contribution in [-0.2, 0) is 4.79 Å². The molecule has 2 aromatic carbocycles. The summed E-state index contributed by atoms with van der Waals surface area (Å²) in [6.45, 7) is 1.43. The molecular formula is C17H13NO4. The van der Waals surface area contributed by atoms with Crippen molar-refractivity contribution in [3.8, 4) is 5.75 Å². The van der Waals surface area contributed by atoms with Crippen molar-refractivity contribution in [3.05, 3.63) is 59.7 Å². The zero-order valence-electron chi connectivity index (χ0n) is 11.9. The number of nitrogens with zero attached hydrogens (tertiary/aromatic N) is 1. The zero-order chi connectivity index (χ0) is 15.7. The van der Waals surface area contributed by atoms with Gasteiger partial charge >= 0.3 is 0 Å². The van der Waals surface area contributed by atoms with Gasteiger partial charge in [0.05, 0.1) is 16.8 Å². The second kappa shape index (κ2) is 5.44. The van der Waals surface area contributed by atoms with Gasteiger partial charge in [-0.25, -0.2) is 4.90 Å². The van der Waals surface area contributed by atoms with E-state index in [1.54, 1.807) is 48.5 Å². The average Bonchev–Trinajstić information content (AvgIpc) is 2.78. The molecule has 1 aliphatic heterocycles. The van der Waals surface area contributed by atoms with Gasteiger partial charge in [0, 0.05) is 0 Å². The molecule has 0 atom stereocenters. The Bertz CT molecular complexity index is 729. The first-order chi connectivity index (χ1) is 10.6. The first kappa shape index (κ1) is 14.0. The fourth-order valence-electron chi connectivity index (χ4n) is 2.30. The van der Waals surface area contributed by atoms with E-state index in [0.29, 0.717) is 22.6 Å². The third kappa shape index (κ3) is 2.37. The van der Waals surface area contributed by atoms with Gasteiger partial charge in [-0.2, -0.15) is 0 Å². The minimum atomic E-state index is -0.335. The van der Waals surface area contributed by atoms with Crippen LogP contribution < -0.4 is 9.64 Å². The normalized spacial score (nSPS) is 13.2. The summed E-state index contributed by atoms with van der Waals surface area (Å²) in [7, 11) is 0. The minimum Gasteiger partial charge on any atom is -0.486 e. The number of amides is 2. The predicted molar refractivity (Wildman–Crippen MR) is 80.2 cm³/mol. The molecule has 2 aromatic rings. The van der Waals surface area contributed by atoms with Crippen molar-refractivity contribution in [3.63, 3.8) is 0 Å². The van der Waals surface area contributed by atoms with Crippen molar-refractivity contribution < 1.29 is 19.1 Å². The zero-order valence-corrected chi connectivity index (χ0v) is 11.9. The molecule has 22 heavy (non-hydrogen) atoms. The summed E-state index contributed by atoms with van der Waals surface area (Å²) in [6, 6.07) is 13.2. The molecule has 0 saturated heterocycles. The quantitative estimate of drug-likeness (QED) is 0.813. The number of hydrogen-bond donors (Lipinski definition) is 0. The number of imide groups is 1. The van der Waals surface area contributed by atoms with Crippen LogP contribution >= 0.6 is 0 Å². The van der Waals surface area contributed by atoms with Gasteiger partial charge in [0.15, 0.2) is 5.78 Å². The molecule has 5 heteroatoms. The summed E-state index contributed by atoms with van der Waals surface area (Å²) in [5, 5.41) is 0. The summed E-state index contributed by atoms with van der Waals surface area (Å²) in [4.78, 5) is 36.7. The largest absolute Gasteiger partial charge is 0.486 e. The first-order valence-corrected chi connectivity index (χ1v) is 6.78. The van der Waals surface area contributed by atoms with Gasteiger partial charge in [0.25, 0.3) is 11.8 Å². The van der Waals surface area contributed by atoms with E-state index >= 15 is 0 Å². The molecule has 0 spiro atoms. The number of carbonyl (C=O) groups excluding carboxylic acids is 3. The van der Waals surface area contributed by atoms with Crippen LogP contribution in [-0.4, -0.2) is 24.2 Å². The maximum absolute atomic E-state index is 12.3. The number of fused-ring (bicyclic) bond motifs is 1. The number of anilines is 1. The highest BCUT2D eigenvalue weighted by Gasteiger charge is 2.36. The van der Waals surface area contributed by atoms with Crippen molar-refractivity contribution in [2.24, 2.45) is 0 Å². The molecule has 110 valence electrons. The molecule has 0 bridgehead atoms. The number of Topliss-reactive ketones (excluding diaryl/α,β-unsaturated/α-hetero) is 1. The van der Waals surface area contributed by atoms with E-state index in [9.17, 15) is 14.4 Å². The lowest BCUT2D eigenvalue weighted by Crippen LogP contribution is -2.29. The number of ketones is 1. The molecule has 0 N–H and O–H groups in total. The SMILES string of the molecule is CC(=O)COc1ccc(N2C(=O)c3ccccc3C2=O)cc1. The van der Waals surface area contributed by atoms with Crippen LogP contribution in [0.1, 0.15) is 27.6 Å². The number of benzene rings is 2. The van der Waals surface area contributed by atoms with Crippen LogP contribution in [0.5, 0.6) is 5.75 Å². The van der Waals surface area contributed by atoms with Crippen molar-refractivity contribution >= 4 is 23.3 Å². The highest BCUT2D eigenvalue weighted by atomic mass is 16.5. The Hall–Kier alpha value is -2.95. The standard InChI is InChI=1S/C17H13NO4/c1-11(19)10-22-13-8-6-12(7-9-13)18-16(20)14-4-2-3-5-15(14)17(18)21/h2-9H,10H2,1H3. The summed E-state index contributed by atoms with van der Waals surface area (Å²) < 4.78 is 5.26. The van der Waals surface area contributed by atoms with Crippen LogP contribution in [0.4, 0.5) is 5.69 Å². The first-order valence-electron chi connectivity index (χ1n) is 6.78. The third-order valence-electron chi connectivity index (χ3n) is 3.33. The van der Waals surface area contributed by atoms with Gasteiger partial charge in [0.1, 0.15) is 12.4 Å². The van der Waals surface area contributed by atoms with Gasteiger partial charge < -0.3 is 4.74 Å². The van der Waals surface area contributed by atoms with Gasteiger partial charge in [-0.1, -0.05) is 12.1 Å². The smallest absolute Gasteiger partial charge is 0.266 e. The van der Waals surface area contributed by atoms with Crippen molar-refractivity contribution in [2.45, 2.75) is 6.92 Å². The highest BCUT2D eigenvalue weighted by molar-refractivity contribution is 6.34.